The normalized spacial score (nSPS) is 20.3. The summed E-state index contributed by atoms with van der Waals surface area (Å²) in [4.78, 5) is 19.3. The first-order chi connectivity index (χ1) is 6.77. The van der Waals surface area contributed by atoms with Gasteiger partial charge in [0.15, 0.2) is 0 Å². The molecule has 1 aliphatic rings. The fraction of sp³-hybridized carbons (Fsp3) is 0.714. The van der Waals surface area contributed by atoms with Crippen molar-refractivity contribution in [2.75, 3.05) is 13.1 Å². The topological polar surface area (TPSA) is 92.4 Å². The third-order valence-electron chi connectivity index (χ3n) is 1.64. The molecule has 0 radical (unpaired) electrons. The van der Waals surface area contributed by atoms with Gasteiger partial charge < -0.3 is 16.2 Å². The number of carbonyl (C=O) groups is 2. The van der Waals surface area contributed by atoms with Crippen molar-refractivity contribution in [3.05, 3.63) is 0 Å². The van der Waals surface area contributed by atoms with E-state index >= 15 is 0 Å². The Labute approximate surface area is 83.4 Å². The highest BCUT2D eigenvalue weighted by Gasteiger charge is 2.38. The predicted octanol–water partition coefficient (Wildman–Crippen LogP) is -0.286. The van der Waals surface area contributed by atoms with Gasteiger partial charge in [-0.15, -0.1) is 0 Å². The number of halogens is 3. The average Bonchev–Trinajstić information content (AvgIpc) is 2.50. The number of nitrogens with two attached hydrogens (primary N) is 1. The number of aliphatic carboxylic acids is 1. The molecule has 1 aliphatic heterocycles. The Kier molecular flexibility index (Phi) is 5.06. The largest absolute Gasteiger partial charge is 0.490 e. The van der Waals surface area contributed by atoms with Gasteiger partial charge in [-0.2, -0.15) is 13.2 Å². The van der Waals surface area contributed by atoms with Crippen LogP contribution in [0.5, 0.6) is 0 Å². The minimum atomic E-state index is -5.08. The molecular weight excluding hydrogens is 217 g/mol. The number of nitrogens with one attached hydrogen (secondary N) is 1. The maximum atomic E-state index is 10.6. The first-order valence-electron chi connectivity index (χ1n) is 4.04. The summed E-state index contributed by atoms with van der Waals surface area (Å²) >= 11 is 0. The number of hydrogen-bond donors (Lipinski definition) is 3. The van der Waals surface area contributed by atoms with E-state index in [0.717, 1.165) is 6.54 Å². The number of carboxylic acids is 1. The molecular formula is C7H11F3N2O3. The molecule has 4 N–H and O–H groups in total. The first kappa shape index (κ1) is 13.7. The molecule has 15 heavy (non-hydrogen) atoms. The lowest BCUT2D eigenvalue weighted by Crippen LogP contribution is -2.21. The van der Waals surface area contributed by atoms with E-state index in [0.29, 0.717) is 18.9 Å². The van der Waals surface area contributed by atoms with E-state index < -0.39 is 12.1 Å². The molecule has 1 saturated heterocycles. The SMILES string of the molecule is NC[C@@H]1CNC(=O)C1.O=C(O)C(F)(F)F. The van der Waals surface area contributed by atoms with Gasteiger partial charge in [-0.1, -0.05) is 0 Å². The highest BCUT2D eigenvalue weighted by atomic mass is 19.4. The van der Waals surface area contributed by atoms with Crippen molar-refractivity contribution < 1.29 is 27.9 Å². The van der Waals surface area contributed by atoms with E-state index in [1.165, 1.54) is 0 Å². The Balaban J connectivity index is 0.000000265. The number of carbonyl (C=O) groups excluding carboxylic acids is 1. The molecule has 1 heterocycles. The minimum Gasteiger partial charge on any atom is -0.475 e. The zero-order chi connectivity index (χ0) is 12.1. The molecule has 1 amide bonds. The molecule has 1 fully saturated rings. The first-order valence-corrected chi connectivity index (χ1v) is 4.04. The molecule has 0 saturated carbocycles. The summed E-state index contributed by atoms with van der Waals surface area (Å²) in [7, 11) is 0. The zero-order valence-corrected chi connectivity index (χ0v) is 7.67. The molecule has 0 bridgehead atoms. The quantitative estimate of drug-likeness (QED) is 0.575. The Bertz CT molecular complexity index is 242. The van der Waals surface area contributed by atoms with Crippen molar-refractivity contribution in [1.29, 1.82) is 0 Å². The van der Waals surface area contributed by atoms with E-state index in [9.17, 15) is 18.0 Å². The summed E-state index contributed by atoms with van der Waals surface area (Å²) in [5.74, 6) is -2.23. The average molecular weight is 228 g/mol. The summed E-state index contributed by atoms with van der Waals surface area (Å²) in [5, 5.41) is 9.83. The van der Waals surface area contributed by atoms with Gasteiger partial charge in [0.05, 0.1) is 0 Å². The zero-order valence-electron chi connectivity index (χ0n) is 7.67. The molecule has 88 valence electrons. The Hall–Kier alpha value is -1.31. The van der Waals surface area contributed by atoms with Gasteiger partial charge in [0.25, 0.3) is 0 Å². The number of alkyl halides is 3. The van der Waals surface area contributed by atoms with Crippen LogP contribution in [0.3, 0.4) is 0 Å². The van der Waals surface area contributed by atoms with Crippen LogP contribution in [-0.2, 0) is 9.59 Å². The van der Waals surface area contributed by atoms with Crippen LogP contribution in [0.1, 0.15) is 6.42 Å². The standard InChI is InChI=1S/C5H10N2O.C2HF3O2/c6-2-4-1-5(8)7-3-4;3-2(4,5)1(6)7/h4H,1-3,6H2,(H,7,8);(H,6,7)/t4-;/m1./s1. The van der Waals surface area contributed by atoms with E-state index in [1.54, 1.807) is 0 Å². The monoisotopic (exact) mass is 228 g/mol. The highest BCUT2D eigenvalue weighted by Crippen LogP contribution is 2.13. The maximum Gasteiger partial charge on any atom is 0.490 e. The Morgan fingerprint density at radius 3 is 2.20 bits per heavy atom. The van der Waals surface area contributed by atoms with Gasteiger partial charge in [-0.3, -0.25) is 4.79 Å². The molecule has 5 nitrogen and oxygen atoms in total. The fourth-order valence-electron chi connectivity index (χ4n) is 0.831. The summed E-state index contributed by atoms with van der Waals surface area (Å²) in [6.45, 7) is 1.40. The predicted molar refractivity (Wildman–Crippen MR) is 43.9 cm³/mol. The van der Waals surface area contributed by atoms with Crippen LogP contribution < -0.4 is 11.1 Å². The summed E-state index contributed by atoms with van der Waals surface area (Å²) in [6, 6.07) is 0. The number of rotatable bonds is 1. The van der Waals surface area contributed by atoms with Gasteiger partial charge in [-0.25, -0.2) is 4.79 Å². The second-order valence-corrected chi connectivity index (χ2v) is 2.91. The van der Waals surface area contributed by atoms with Crippen molar-refractivity contribution in [3.63, 3.8) is 0 Å². The lowest BCUT2D eigenvalue weighted by atomic mass is 10.1. The van der Waals surface area contributed by atoms with Crippen LogP contribution >= 0.6 is 0 Å². The molecule has 0 aliphatic carbocycles. The summed E-state index contributed by atoms with van der Waals surface area (Å²) in [6.07, 6.45) is -4.46. The smallest absolute Gasteiger partial charge is 0.475 e. The lowest BCUT2D eigenvalue weighted by molar-refractivity contribution is -0.192. The molecule has 1 rings (SSSR count). The van der Waals surface area contributed by atoms with Gasteiger partial charge >= 0.3 is 12.1 Å². The Morgan fingerprint density at radius 2 is 2.07 bits per heavy atom. The van der Waals surface area contributed by atoms with Crippen LogP contribution in [0, 0.1) is 5.92 Å². The molecule has 0 aromatic carbocycles. The van der Waals surface area contributed by atoms with Crippen molar-refractivity contribution >= 4 is 11.9 Å². The van der Waals surface area contributed by atoms with Gasteiger partial charge in [-0.05, 0) is 12.5 Å². The molecule has 0 spiro atoms. The molecule has 1 atom stereocenters. The summed E-state index contributed by atoms with van der Waals surface area (Å²) < 4.78 is 31.7. The molecule has 0 aromatic rings. The van der Waals surface area contributed by atoms with Crippen molar-refractivity contribution in [3.8, 4) is 0 Å². The summed E-state index contributed by atoms with van der Waals surface area (Å²) in [5.41, 5.74) is 5.30. The second-order valence-electron chi connectivity index (χ2n) is 2.91. The van der Waals surface area contributed by atoms with Crippen molar-refractivity contribution in [1.82, 2.24) is 5.32 Å². The van der Waals surface area contributed by atoms with Crippen LogP contribution in [0.4, 0.5) is 13.2 Å². The van der Waals surface area contributed by atoms with E-state index in [4.69, 9.17) is 15.6 Å². The van der Waals surface area contributed by atoms with Crippen molar-refractivity contribution in [2.24, 2.45) is 11.7 Å². The molecule has 0 unspecified atom stereocenters. The van der Waals surface area contributed by atoms with Gasteiger partial charge in [0, 0.05) is 13.0 Å². The number of hydrogen-bond acceptors (Lipinski definition) is 3. The molecule has 8 heteroatoms. The van der Waals surface area contributed by atoms with Crippen LogP contribution in [-0.4, -0.2) is 36.2 Å². The van der Waals surface area contributed by atoms with Crippen LogP contribution in [0.25, 0.3) is 0 Å². The van der Waals surface area contributed by atoms with E-state index in [-0.39, 0.29) is 5.91 Å². The van der Waals surface area contributed by atoms with Gasteiger partial charge in [0.2, 0.25) is 5.91 Å². The lowest BCUT2D eigenvalue weighted by Gasteiger charge is -1.97. The number of carboxylic acid groups (broad SMARTS) is 1. The molecule has 0 aromatic heterocycles. The fourth-order valence-corrected chi connectivity index (χ4v) is 0.831. The van der Waals surface area contributed by atoms with E-state index in [1.807, 2.05) is 0 Å². The van der Waals surface area contributed by atoms with Crippen LogP contribution in [0.2, 0.25) is 0 Å². The third-order valence-corrected chi connectivity index (χ3v) is 1.64. The number of amides is 1. The minimum absolute atomic E-state index is 0.139. The van der Waals surface area contributed by atoms with E-state index in [2.05, 4.69) is 5.32 Å². The van der Waals surface area contributed by atoms with Crippen LogP contribution in [0.15, 0.2) is 0 Å². The van der Waals surface area contributed by atoms with Crippen molar-refractivity contribution in [2.45, 2.75) is 12.6 Å². The Morgan fingerprint density at radius 1 is 1.60 bits per heavy atom. The maximum absolute atomic E-state index is 10.6. The third kappa shape index (κ3) is 5.89. The second kappa shape index (κ2) is 5.54. The highest BCUT2D eigenvalue weighted by molar-refractivity contribution is 5.78. The van der Waals surface area contributed by atoms with Gasteiger partial charge in [0.1, 0.15) is 0 Å².